The molecule has 1 aliphatic carbocycles. The van der Waals surface area contributed by atoms with E-state index in [1.807, 2.05) is 24.3 Å². The molecule has 0 aliphatic heterocycles. The van der Waals surface area contributed by atoms with Gasteiger partial charge in [-0.05, 0) is 51.9 Å². The van der Waals surface area contributed by atoms with E-state index in [1.165, 1.54) is 31.1 Å². The lowest BCUT2D eigenvalue weighted by Crippen LogP contribution is -2.20. The standard InChI is InChI=1S/C31H30O2/c1-2-23(19-18-22-10-3-4-11-22)31(32)33-29-21-20-25-13-6-8-16-27(25)30(29)28-17-9-14-24-12-5-7-15-26(24)28/h2,5-9,12-17,20-23H,1,3-4,10-11,18-19H2. The molecule has 0 N–H and O–H groups in total. The van der Waals surface area contributed by atoms with E-state index in [4.69, 9.17) is 4.74 Å². The summed E-state index contributed by atoms with van der Waals surface area (Å²) in [7, 11) is 0. The van der Waals surface area contributed by atoms with Gasteiger partial charge in [-0.25, -0.2) is 0 Å². The summed E-state index contributed by atoms with van der Waals surface area (Å²) in [6.45, 7) is 3.94. The zero-order chi connectivity index (χ0) is 22.6. The Morgan fingerprint density at radius 3 is 2.30 bits per heavy atom. The lowest BCUT2D eigenvalue weighted by atomic mass is 9.93. The molecule has 5 rings (SSSR count). The molecule has 1 unspecified atom stereocenters. The second kappa shape index (κ2) is 9.62. The smallest absolute Gasteiger partial charge is 0.318 e. The summed E-state index contributed by atoms with van der Waals surface area (Å²) in [5.41, 5.74) is 2.05. The summed E-state index contributed by atoms with van der Waals surface area (Å²) in [4.78, 5) is 13.2. The van der Waals surface area contributed by atoms with Crippen molar-refractivity contribution >= 4 is 27.5 Å². The van der Waals surface area contributed by atoms with E-state index in [-0.39, 0.29) is 11.9 Å². The van der Waals surface area contributed by atoms with Gasteiger partial charge in [-0.15, -0.1) is 6.58 Å². The van der Waals surface area contributed by atoms with Crippen molar-refractivity contribution in [3.63, 3.8) is 0 Å². The van der Waals surface area contributed by atoms with Crippen LogP contribution in [0.15, 0.2) is 91.5 Å². The summed E-state index contributed by atoms with van der Waals surface area (Å²) in [6.07, 6.45) is 8.85. The molecule has 0 aromatic heterocycles. The number of benzene rings is 4. The van der Waals surface area contributed by atoms with Gasteiger partial charge in [-0.1, -0.05) is 105 Å². The first kappa shape index (κ1) is 21.5. The minimum absolute atomic E-state index is 0.209. The van der Waals surface area contributed by atoms with Gasteiger partial charge in [-0.2, -0.15) is 0 Å². The molecule has 0 amide bonds. The van der Waals surface area contributed by atoms with Crippen molar-refractivity contribution in [2.75, 3.05) is 0 Å². The molecule has 0 saturated heterocycles. The monoisotopic (exact) mass is 434 g/mol. The van der Waals surface area contributed by atoms with Crippen LogP contribution in [0.25, 0.3) is 32.7 Å². The molecule has 1 atom stereocenters. The fraction of sp³-hybridized carbons (Fsp3) is 0.258. The van der Waals surface area contributed by atoms with Crippen LogP contribution in [0, 0.1) is 11.8 Å². The first-order valence-corrected chi connectivity index (χ1v) is 12.1. The van der Waals surface area contributed by atoms with Crippen molar-refractivity contribution in [2.45, 2.75) is 38.5 Å². The van der Waals surface area contributed by atoms with Crippen LogP contribution < -0.4 is 4.74 Å². The van der Waals surface area contributed by atoms with Gasteiger partial charge in [0.2, 0.25) is 0 Å². The van der Waals surface area contributed by atoms with Crippen molar-refractivity contribution in [2.24, 2.45) is 11.8 Å². The lowest BCUT2D eigenvalue weighted by molar-refractivity contribution is -0.137. The third-order valence-electron chi connectivity index (χ3n) is 7.11. The predicted molar refractivity (Wildman–Crippen MR) is 137 cm³/mol. The SMILES string of the molecule is C=CC(CCC1CCCC1)C(=O)Oc1ccc2ccccc2c1-c1cccc2ccccc12. The van der Waals surface area contributed by atoms with E-state index >= 15 is 0 Å². The van der Waals surface area contributed by atoms with Gasteiger partial charge in [0.25, 0.3) is 0 Å². The third-order valence-corrected chi connectivity index (χ3v) is 7.11. The Kier molecular flexibility index (Phi) is 6.26. The largest absolute Gasteiger partial charge is 0.425 e. The molecular formula is C31H30O2. The minimum Gasteiger partial charge on any atom is -0.425 e. The number of rotatable bonds is 7. The molecule has 1 aliphatic rings. The average molecular weight is 435 g/mol. The van der Waals surface area contributed by atoms with E-state index in [2.05, 4.69) is 61.2 Å². The lowest BCUT2D eigenvalue weighted by Gasteiger charge is -2.18. The first-order valence-electron chi connectivity index (χ1n) is 12.1. The number of carbonyl (C=O) groups excluding carboxylic acids is 1. The highest BCUT2D eigenvalue weighted by molar-refractivity contribution is 6.08. The van der Waals surface area contributed by atoms with E-state index < -0.39 is 0 Å². The van der Waals surface area contributed by atoms with Crippen molar-refractivity contribution in [1.82, 2.24) is 0 Å². The maximum absolute atomic E-state index is 13.2. The quantitative estimate of drug-likeness (QED) is 0.166. The second-order valence-corrected chi connectivity index (χ2v) is 9.18. The highest BCUT2D eigenvalue weighted by atomic mass is 16.5. The summed E-state index contributed by atoms with van der Waals surface area (Å²) < 4.78 is 6.12. The number of hydrogen-bond acceptors (Lipinski definition) is 2. The van der Waals surface area contributed by atoms with E-state index in [0.29, 0.717) is 5.75 Å². The number of hydrogen-bond donors (Lipinski definition) is 0. The van der Waals surface area contributed by atoms with Crippen LogP contribution in [0.1, 0.15) is 38.5 Å². The van der Waals surface area contributed by atoms with Crippen LogP contribution in [-0.2, 0) is 4.79 Å². The van der Waals surface area contributed by atoms with Gasteiger partial charge in [-0.3, -0.25) is 4.79 Å². The van der Waals surface area contributed by atoms with E-state index in [9.17, 15) is 4.79 Å². The number of ether oxygens (including phenoxy) is 1. The molecule has 0 bridgehead atoms. The predicted octanol–water partition coefficient (Wildman–Crippen LogP) is 8.34. The molecule has 0 heterocycles. The van der Waals surface area contributed by atoms with Gasteiger partial charge in [0.15, 0.2) is 0 Å². The van der Waals surface area contributed by atoms with Crippen LogP contribution in [0.5, 0.6) is 5.75 Å². The minimum atomic E-state index is -0.280. The Balaban J connectivity index is 1.53. The maximum Gasteiger partial charge on any atom is 0.318 e. The molecule has 2 heteroatoms. The van der Waals surface area contributed by atoms with Crippen molar-refractivity contribution in [3.8, 4) is 16.9 Å². The Hall–Kier alpha value is -3.39. The normalized spacial score (nSPS) is 15.0. The number of carbonyl (C=O) groups is 1. The van der Waals surface area contributed by atoms with Crippen molar-refractivity contribution in [1.29, 1.82) is 0 Å². The van der Waals surface area contributed by atoms with E-state index in [1.54, 1.807) is 6.08 Å². The molecule has 1 saturated carbocycles. The molecule has 4 aromatic carbocycles. The number of fused-ring (bicyclic) bond motifs is 2. The fourth-order valence-electron chi connectivity index (χ4n) is 5.29. The Bertz CT molecular complexity index is 1290. The zero-order valence-electron chi connectivity index (χ0n) is 19.0. The van der Waals surface area contributed by atoms with Crippen LogP contribution in [0.3, 0.4) is 0 Å². The highest BCUT2D eigenvalue weighted by Gasteiger charge is 2.23. The van der Waals surface area contributed by atoms with Gasteiger partial charge in [0, 0.05) is 5.56 Å². The van der Waals surface area contributed by atoms with Gasteiger partial charge >= 0.3 is 5.97 Å². The van der Waals surface area contributed by atoms with Crippen LogP contribution in [0.4, 0.5) is 0 Å². The summed E-state index contributed by atoms with van der Waals surface area (Å²) in [6, 6.07) is 26.9. The van der Waals surface area contributed by atoms with Gasteiger partial charge in [0.05, 0.1) is 5.92 Å². The van der Waals surface area contributed by atoms with Crippen molar-refractivity contribution in [3.05, 3.63) is 91.5 Å². The second-order valence-electron chi connectivity index (χ2n) is 9.18. The molecule has 0 radical (unpaired) electrons. The maximum atomic E-state index is 13.2. The molecule has 0 spiro atoms. The fourth-order valence-corrected chi connectivity index (χ4v) is 5.29. The topological polar surface area (TPSA) is 26.3 Å². The third kappa shape index (κ3) is 4.43. The average Bonchev–Trinajstić information content (AvgIpc) is 3.38. The van der Waals surface area contributed by atoms with Gasteiger partial charge in [0.1, 0.15) is 5.75 Å². The summed E-state index contributed by atoms with van der Waals surface area (Å²) in [5.74, 6) is 0.868. The van der Waals surface area contributed by atoms with Crippen LogP contribution in [0.2, 0.25) is 0 Å². The zero-order valence-corrected chi connectivity index (χ0v) is 19.0. The molecular weight excluding hydrogens is 404 g/mol. The summed E-state index contributed by atoms with van der Waals surface area (Å²) >= 11 is 0. The Labute approximate surface area is 195 Å². The van der Waals surface area contributed by atoms with Crippen LogP contribution in [-0.4, -0.2) is 5.97 Å². The molecule has 33 heavy (non-hydrogen) atoms. The first-order chi connectivity index (χ1) is 16.2. The molecule has 166 valence electrons. The highest BCUT2D eigenvalue weighted by Crippen LogP contribution is 2.41. The molecule has 1 fully saturated rings. The Morgan fingerprint density at radius 1 is 0.879 bits per heavy atom. The molecule has 2 nitrogen and oxygen atoms in total. The van der Waals surface area contributed by atoms with Gasteiger partial charge < -0.3 is 4.74 Å². The summed E-state index contributed by atoms with van der Waals surface area (Å²) in [5, 5.41) is 4.53. The van der Waals surface area contributed by atoms with Crippen molar-refractivity contribution < 1.29 is 9.53 Å². The number of esters is 1. The Morgan fingerprint density at radius 2 is 1.55 bits per heavy atom. The van der Waals surface area contributed by atoms with E-state index in [0.717, 1.165) is 46.0 Å². The van der Waals surface area contributed by atoms with Crippen LogP contribution >= 0.6 is 0 Å². The molecule has 4 aromatic rings.